The molecule has 0 spiro atoms. The Labute approximate surface area is 113 Å². The van der Waals surface area contributed by atoms with Crippen LogP contribution in [-0.2, 0) is 0 Å². The van der Waals surface area contributed by atoms with Gasteiger partial charge in [-0.25, -0.2) is 8.78 Å². The zero-order chi connectivity index (χ0) is 14.0. The van der Waals surface area contributed by atoms with E-state index < -0.39 is 11.6 Å². The van der Waals surface area contributed by atoms with Crippen molar-refractivity contribution in [3.63, 3.8) is 0 Å². The topological polar surface area (TPSA) is 29.3 Å². The summed E-state index contributed by atoms with van der Waals surface area (Å²) in [6.07, 6.45) is 0.725. The number of nitrogens with zero attached hydrogens (tertiary/aromatic N) is 1. The zero-order valence-electron chi connectivity index (χ0n) is 11.6. The number of halogens is 2. The fourth-order valence-electron chi connectivity index (χ4n) is 2.71. The first-order valence-electron chi connectivity index (χ1n) is 6.89. The third-order valence-corrected chi connectivity index (χ3v) is 4.13. The van der Waals surface area contributed by atoms with Crippen molar-refractivity contribution in [2.24, 2.45) is 17.6 Å². The maximum atomic E-state index is 13.1. The van der Waals surface area contributed by atoms with Crippen LogP contribution in [0, 0.1) is 23.5 Å². The second kappa shape index (κ2) is 5.97. The monoisotopic (exact) mass is 268 g/mol. The van der Waals surface area contributed by atoms with Gasteiger partial charge in [0.05, 0.1) is 0 Å². The fraction of sp³-hybridized carbons (Fsp3) is 0.600. The first kappa shape index (κ1) is 14.4. The van der Waals surface area contributed by atoms with Crippen molar-refractivity contribution in [2.45, 2.75) is 26.3 Å². The van der Waals surface area contributed by atoms with E-state index in [1.807, 2.05) is 0 Å². The number of rotatable bonds is 4. The summed E-state index contributed by atoms with van der Waals surface area (Å²) in [6.45, 7) is 7.57. The van der Waals surface area contributed by atoms with Gasteiger partial charge in [-0.15, -0.1) is 0 Å². The van der Waals surface area contributed by atoms with Crippen LogP contribution in [0.3, 0.4) is 0 Å². The summed E-state index contributed by atoms with van der Waals surface area (Å²) in [5, 5.41) is 0. The number of benzene rings is 1. The van der Waals surface area contributed by atoms with Crippen LogP contribution in [0.4, 0.5) is 8.78 Å². The van der Waals surface area contributed by atoms with E-state index in [2.05, 4.69) is 18.7 Å². The summed E-state index contributed by atoms with van der Waals surface area (Å²) >= 11 is 0. The lowest BCUT2D eigenvalue weighted by Crippen LogP contribution is -2.25. The second-order valence-electron chi connectivity index (χ2n) is 5.81. The van der Waals surface area contributed by atoms with Gasteiger partial charge in [-0.1, -0.05) is 13.8 Å². The highest BCUT2D eigenvalue weighted by Crippen LogP contribution is 2.24. The summed E-state index contributed by atoms with van der Waals surface area (Å²) in [7, 11) is 0. The number of nitrogens with two attached hydrogens (primary N) is 1. The van der Waals surface area contributed by atoms with Gasteiger partial charge in [0.25, 0.3) is 0 Å². The summed E-state index contributed by atoms with van der Waals surface area (Å²) < 4.78 is 26.3. The number of hydrogen-bond donors (Lipinski definition) is 1. The van der Waals surface area contributed by atoms with Crippen molar-refractivity contribution in [2.75, 3.05) is 19.6 Å². The van der Waals surface area contributed by atoms with E-state index in [1.165, 1.54) is 12.1 Å². The van der Waals surface area contributed by atoms with Crippen LogP contribution in [-0.4, -0.2) is 24.5 Å². The summed E-state index contributed by atoms with van der Waals surface area (Å²) in [5.41, 5.74) is 6.56. The Balaban J connectivity index is 1.89. The Morgan fingerprint density at radius 1 is 1.16 bits per heavy atom. The standard InChI is InChI=1S/C15H22F2N2/c1-10-8-19(9-11(10)2)4-3-15(18)12-5-13(16)7-14(17)6-12/h5-7,10-11,15H,3-4,8-9,18H2,1-2H3. The molecule has 0 saturated carbocycles. The van der Waals surface area contributed by atoms with Gasteiger partial charge in [0.15, 0.2) is 0 Å². The van der Waals surface area contributed by atoms with Gasteiger partial charge in [0, 0.05) is 25.2 Å². The van der Waals surface area contributed by atoms with Gasteiger partial charge in [-0.2, -0.15) is 0 Å². The quantitative estimate of drug-likeness (QED) is 0.909. The summed E-state index contributed by atoms with van der Waals surface area (Å²) in [5.74, 6) is 0.299. The highest BCUT2D eigenvalue weighted by atomic mass is 19.1. The number of hydrogen-bond acceptors (Lipinski definition) is 2. The van der Waals surface area contributed by atoms with Crippen molar-refractivity contribution in [3.05, 3.63) is 35.4 Å². The van der Waals surface area contributed by atoms with Crippen LogP contribution in [0.25, 0.3) is 0 Å². The average Bonchev–Trinajstić information content (AvgIpc) is 2.64. The molecule has 3 unspecified atom stereocenters. The predicted molar refractivity (Wildman–Crippen MR) is 72.7 cm³/mol. The highest BCUT2D eigenvalue weighted by Gasteiger charge is 2.25. The van der Waals surface area contributed by atoms with Crippen LogP contribution >= 0.6 is 0 Å². The first-order valence-corrected chi connectivity index (χ1v) is 6.89. The lowest BCUT2D eigenvalue weighted by atomic mass is 10.0. The Bertz CT molecular complexity index is 406. The molecule has 0 amide bonds. The van der Waals surface area contributed by atoms with E-state index in [0.717, 1.165) is 32.1 Å². The predicted octanol–water partition coefficient (Wildman–Crippen LogP) is 2.94. The smallest absolute Gasteiger partial charge is 0.126 e. The molecular formula is C15H22F2N2. The molecule has 1 aromatic carbocycles. The van der Waals surface area contributed by atoms with Crippen molar-refractivity contribution in [3.8, 4) is 0 Å². The molecule has 2 N–H and O–H groups in total. The molecule has 1 fully saturated rings. The van der Waals surface area contributed by atoms with Crippen LogP contribution in [0.5, 0.6) is 0 Å². The first-order chi connectivity index (χ1) is 8.95. The molecule has 0 aromatic heterocycles. The molecule has 1 saturated heterocycles. The Morgan fingerprint density at radius 2 is 1.68 bits per heavy atom. The molecule has 1 aliphatic rings. The van der Waals surface area contributed by atoms with E-state index in [1.54, 1.807) is 0 Å². The maximum absolute atomic E-state index is 13.1. The minimum atomic E-state index is -0.561. The van der Waals surface area contributed by atoms with Crippen LogP contribution in [0.1, 0.15) is 31.9 Å². The molecule has 0 radical (unpaired) electrons. The zero-order valence-corrected chi connectivity index (χ0v) is 11.6. The molecule has 0 aliphatic carbocycles. The lowest BCUT2D eigenvalue weighted by molar-refractivity contribution is 0.309. The number of likely N-dealkylation sites (tertiary alicyclic amines) is 1. The van der Waals surface area contributed by atoms with Gasteiger partial charge in [-0.3, -0.25) is 0 Å². The van der Waals surface area contributed by atoms with Gasteiger partial charge in [0.2, 0.25) is 0 Å². The van der Waals surface area contributed by atoms with Gasteiger partial charge < -0.3 is 10.6 Å². The van der Waals surface area contributed by atoms with E-state index >= 15 is 0 Å². The molecule has 0 bridgehead atoms. The van der Waals surface area contributed by atoms with Crippen molar-refractivity contribution in [1.82, 2.24) is 4.90 Å². The minimum absolute atomic E-state index is 0.309. The second-order valence-corrected chi connectivity index (χ2v) is 5.81. The Morgan fingerprint density at radius 3 is 2.21 bits per heavy atom. The molecule has 19 heavy (non-hydrogen) atoms. The van der Waals surface area contributed by atoms with Gasteiger partial charge >= 0.3 is 0 Å². The van der Waals surface area contributed by atoms with E-state index in [9.17, 15) is 8.78 Å². The molecule has 3 atom stereocenters. The largest absolute Gasteiger partial charge is 0.324 e. The normalized spacial score (nSPS) is 25.7. The Kier molecular flexibility index (Phi) is 4.53. The average molecular weight is 268 g/mol. The van der Waals surface area contributed by atoms with Gasteiger partial charge in [0.1, 0.15) is 11.6 Å². The minimum Gasteiger partial charge on any atom is -0.324 e. The molecular weight excluding hydrogens is 246 g/mol. The van der Waals surface area contributed by atoms with Crippen LogP contribution in [0.15, 0.2) is 18.2 Å². The lowest BCUT2D eigenvalue weighted by Gasteiger charge is -2.19. The highest BCUT2D eigenvalue weighted by molar-refractivity contribution is 5.21. The molecule has 2 nitrogen and oxygen atoms in total. The fourth-order valence-corrected chi connectivity index (χ4v) is 2.71. The third-order valence-electron chi connectivity index (χ3n) is 4.13. The SMILES string of the molecule is CC1CN(CCC(N)c2cc(F)cc(F)c2)CC1C. The molecule has 4 heteroatoms. The Hall–Kier alpha value is -1.00. The molecule has 1 aromatic rings. The van der Waals surface area contributed by atoms with E-state index in [4.69, 9.17) is 5.73 Å². The van der Waals surface area contributed by atoms with Crippen LogP contribution < -0.4 is 5.73 Å². The van der Waals surface area contributed by atoms with E-state index in [0.29, 0.717) is 17.4 Å². The summed E-state index contributed by atoms with van der Waals surface area (Å²) in [6, 6.07) is 3.21. The maximum Gasteiger partial charge on any atom is 0.126 e. The van der Waals surface area contributed by atoms with Crippen LogP contribution in [0.2, 0.25) is 0 Å². The van der Waals surface area contributed by atoms with Crippen molar-refractivity contribution < 1.29 is 8.78 Å². The molecule has 106 valence electrons. The third kappa shape index (κ3) is 3.74. The molecule has 1 heterocycles. The van der Waals surface area contributed by atoms with Crippen molar-refractivity contribution >= 4 is 0 Å². The summed E-state index contributed by atoms with van der Waals surface area (Å²) in [4.78, 5) is 2.38. The molecule has 1 aliphatic heterocycles. The molecule has 2 rings (SSSR count). The van der Waals surface area contributed by atoms with Gasteiger partial charge in [-0.05, 0) is 42.5 Å². The van der Waals surface area contributed by atoms with E-state index in [-0.39, 0.29) is 6.04 Å². The van der Waals surface area contributed by atoms with Crippen molar-refractivity contribution in [1.29, 1.82) is 0 Å².